The van der Waals surface area contributed by atoms with Gasteiger partial charge in [-0.2, -0.15) is 0 Å². The lowest BCUT2D eigenvalue weighted by molar-refractivity contribution is -0.116. The van der Waals surface area contributed by atoms with Gasteiger partial charge < -0.3 is 32.5 Å². The van der Waals surface area contributed by atoms with Gasteiger partial charge >= 0.3 is 31.8 Å². The molecule has 0 unspecified atom stereocenters. The van der Waals surface area contributed by atoms with E-state index in [4.69, 9.17) is 65.3 Å². The van der Waals surface area contributed by atoms with Gasteiger partial charge in [-0.25, -0.2) is 0 Å². The summed E-state index contributed by atoms with van der Waals surface area (Å²) in [6.07, 6.45) is 0.233. The molecule has 0 aliphatic rings. The topological polar surface area (TPSA) is 309 Å². The predicted octanol–water partition coefficient (Wildman–Crippen LogP) is 0.659. The van der Waals surface area contributed by atoms with Crippen LogP contribution in [0.2, 0.25) is 0 Å². The highest BCUT2D eigenvalue weighted by Gasteiger charge is 2.05. The molecule has 0 fully saturated rings. The van der Waals surface area contributed by atoms with Crippen molar-refractivity contribution in [1.82, 2.24) is 0 Å². The van der Waals surface area contributed by atoms with Gasteiger partial charge in [0.05, 0.1) is 17.1 Å². The van der Waals surface area contributed by atoms with E-state index in [0.29, 0.717) is 22.6 Å². The second-order valence-corrected chi connectivity index (χ2v) is 8.60. The molecule has 232 valence electrons. The number of hydrogen-bond acceptors (Lipinski definition) is 16. The fraction of sp³-hybridized carbons (Fsp3) is 0.174. The van der Waals surface area contributed by atoms with Gasteiger partial charge in [0.1, 0.15) is 23.0 Å². The van der Waals surface area contributed by atoms with Crippen LogP contribution < -0.4 is 17.2 Å². The number of benzene rings is 3. The Balaban J connectivity index is -0.000000461. The molecule has 16 nitrogen and oxygen atoms in total. The zero-order valence-corrected chi connectivity index (χ0v) is 24.7. The number of carbonyl (C=O) groups excluding carboxylic acids is 1. The lowest BCUT2D eigenvalue weighted by Gasteiger charge is -2.03. The maximum absolute atomic E-state index is 10.7. The summed E-state index contributed by atoms with van der Waals surface area (Å²) in [6.45, 7) is 5.10. The summed E-state index contributed by atoms with van der Waals surface area (Å²) in [7, 11) is -9.33. The minimum Gasteiger partial charge on any atom is -0.506 e. The molecule has 0 amide bonds. The number of anilines is 3. The fourth-order valence-electron chi connectivity index (χ4n) is 2.39. The van der Waals surface area contributed by atoms with E-state index in [2.05, 4.69) is 0 Å². The van der Waals surface area contributed by atoms with E-state index < -0.39 is 31.8 Å². The number of phenolic OH excluding ortho intramolecular Hbond substituents is 3. The largest absolute Gasteiger partial charge is 0.506 e. The summed E-state index contributed by atoms with van der Waals surface area (Å²) < 4.78 is 76.0. The van der Waals surface area contributed by atoms with E-state index in [1.165, 1.54) is 6.92 Å². The van der Waals surface area contributed by atoms with Gasteiger partial charge in [0.15, 0.2) is 0 Å². The quantitative estimate of drug-likeness (QED) is 0.164. The molecular formula is C23H29N3O13S3. The van der Waals surface area contributed by atoms with Crippen LogP contribution in [0.3, 0.4) is 0 Å². The molecule has 0 radical (unpaired) electrons. The van der Waals surface area contributed by atoms with Crippen molar-refractivity contribution in [3.63, 3.8) is 0 Å². The maximum Gasteiger partial charge on any atom is 0.425 e. The Labute approximate surface area is 245 Å². The average Bonchev–Trinajstić information content (AvgIpc) is 2.83. The summed E-state index contributed by atoms with van der Waals surface area (Å²) in [5, 5.41) is 27.5. The molecule has 0 saturated carbocycles. The first-order chi connectivity index (χ1) is 19.2. The van der Waals surface area contributed by atoms with Crippen molar-refractivity contribution in [3.05, 3.63) is 71.3 Å². The fourth-order valence-corrected chi connectivity index (χ4v) is 2.39. The van der Waals surface area contributed by atoms with Gasteiger partial charge in [-0.1, -0.05) is 36.4 Å². The van der Waals surface area contributed by atoms with E-state index in [9.17, 15) is 9.90 Å². The van der Waals surface area contributed by atoms with Crippen LogP contribution in [0.15, 0.2) is 54.6 Å². The molecular weight excluding hydrogens is 622 g/mol. The number of ketones is 1. The number of rotatable bonds is 2. The second kappa shape index (κ2) is 22.8. The number of nitrogens with two attached hydrogens (primary N) is 3. The van der Waals surface area contributed by atoms with E-state index >= 15 is 0 Å². The lowest BCUT2D eigenvalue weighted by atomic mass is 10.1. The molecule has 3 aromatic rings. The first-order valence-electron chi connectivity index (χ1n) is 10.7. The third-order valence-corrected chi connectivity index (χ3v) is 4.13. The molecule has 0 aromatic heterocycles. The molecule has 3 aromatic carbocycles. The zero-order chi connectivity index (χ0) is 33.6. The van der Waals surface area contributed by atoms with Gasteiger partial charge in [0.25, 0.3) is 0 Å². The zero-order valence-electron chi connectivity index (χ0n) is 22.3. The van der Waals surface area contributed by atoms with Crippen LogP contribution in [-0.4, -0.2) is 59.0 Å². The van der Waals surface area contributed by atoms with Crippen LogP contribution in [0.25, 0.3) is 0 Å². The lowest BCUT2D eigenvalue weighted by Crippen LogP contribution is -1.98. The molecule has 19 heteroatoms. The summed E-state index contributed by atoms with van der Waals surface area (Å²) in [5.41, 5.74) is 19.6. The normalized spacial score (nSPS) is 8.55. The van der Waals surface area contributed by atoms with Crippen molar-refractivity contribution in [2.45, 2.75) is 27.2 Å². The number of aryl methyl sites for hydroxylation is 2. The summed E-state index contributed by atoms with van der Waals surface area (Å²) in [5.74, 6) is 0.415. The molecule has 0 heterocycles. The van der Waals surface area contributed by atoms with Crippen molar-refractivity contribution in [2.75, 3.05) is 17.2 Å². The molecule has 0 bridgehead atoms. The Morgan fingerprint density at radius 2 is 0.833 bits per heavy atom. The van der Waals surface area contributed by atoms with E-state index in [-0.39, 0.29) is 29.5 Å². The van der Waals surface area contributed by atoms with Crippen molar-refractivity contribution in [3.8, 4) is 17.2 Å². The molecule has 9 N–H and O–H groups in total. The highest BCUT2D eigenvalue weighted by Crippen LogP contribution is 2.25. The number of carbonyl (C=O) groups is 1. The Morgan fingerprint density at radius 3 is 1.07 bits per heavy atom. The first-order valence-corrected chi connectivity index (χ1v) is 13.7. The number of para-hydroxylation sites is 3. The van der Waals surface area contributed by atoms with E-state index in [1.807, 2.05) is 38.1 Å². The van der Waals surface area contributed by atoms with Crippen LogP contribution in [0.5, 0.6) is 17.2 Å². The third-order valence-electron chi connectivity index (χ3n) is 4.13. The van der Waals surface area contributed by atoms with Crippen LogP contribution in [0, 0.1) is 13.8 Å². The molecule has 3 rings (SSSR count). The number of Topliss-reactive ketones (excluding diaryl/α,β-unsaturated/α-hetero) is 1. The molecule has 0 aliphatic heterocycles. The third kappa shape index (κ3) is 24.1. The number of aromatic hydroxyl groups is 3. The Morgan fingerprint density at radius 1 is 0.571 bits per heavy atom. The number of hydrogen-bond donors (Lipinski definition) is 6. The van der Waals surface area contributed by atoms with Gasteiger partial charge in [0.2, 0.25) is 0 Å². The first kappa shape index (κ1) is 41.5. The minimum atomic E-state index is -3.11. The summed E-state index contributed by atoms with van der Waals surface area (Å²) in [4.78, 5) is 10.7. The molecule has 0 spiro atoms. The standard InChI is InChI=1S/C9H11NO2.2C7H9NO.3O3S/c1-6(11)5-7-3-2-4-8(10)9(7)12;2*1-5-3-2-4-6(8)7(5)9;3*1-4(2)3/h2-4,12H,5,10H2,1H3;2*2-4,9H,8H2,1H3;;;. The minimum absolute atomic E-state index is 0.0101. The van der Waals surface area contributed by atoms with Gasteiger partial charge in [-0.05, 0) is 50.1 Å². The van der Waals surface area contributed by atoms with Crippen molar-refractivity contribution in [1.29, 1.82) is 0 Å². The molecule has 0 atom stereocenters. The Kier molecular flexibility index (Phi) is 22.5. The van der Waals surface area contributed by atoms with Crippen molar-refractivity contribution in [2.24, 2.45) is 0 Å². The monoisotopic (exact) mass is 651 g/mol. The highest BCUT2D eigenvalue weighted by molar-refractivity contribution is 7.59. The smallest absolute Gasteiger partial charge is 0.425 e. The SMILES string of the molecule is CC(=O)Cc1cccc(N)c1O.Cc1cccc(N)c1O.Cc1cccc(N)c1O.O=S(=O)=O.O=S(=O)=O.O=S(=O)=O. The van der Waals surface area contributed by atoms with Crippen LogP contribution in [0.4, 0.5) is 17.1 Å². The van der Waals surface area contributed by atoms with Gasteiger partial charge in [0, 0.05) is 12.0 Å². The number of nitrogen functional groups attached to an aromatic ring is 3. The Bertz CT molecular complexity index is 1470. The van der Waals surface area contributed by atoms with Crippen LogP contribution >= 0.6 is 0 Å². The van der Waals surface area contributed by atoms with E-state index in [1.54, 1.807) is 30.3 Å². The van der Waals surface area contributed by atoms with Crippen LogP contribution in [-0.2, 0) is 43.0 Å². The number of phenols is 3. The molecule has 0 saturated heterocycles. The van der Waals surface area contributed by atoms with Gasteiger partial charge in [-0.15, -0.1) is 37.9 Å². The predicted molar refractivity (Wildman–Crippen MR) is 151 cm³/mol. The Hall–Kier alpha value is -5.01. The van der Waals surface area contributed by atoms with Crippen molar-refractivity contribution < 1.29 is 58.0 Å². The average molecular weight is 652 g/mol. The van der Waals surface area contributed by atoms with Gasteiger partial charge in [-0.3, -0.25) is 4.79 Å². The summed E-state index contributed by atoms with van der Waals surface area (Å²) >= 11 is 0. The highest BCUT2D eigenvalue weighted by atomic mass is 32.2. The van der Waals surface area contributed by atoms with Crippen molar-refractivity contribution >= 4 is 54.7 Å². The van der Waals surface area contributed by atoms with E-state index in [0.717, 1.165) is 11.1 Å². The molecule has 42 heavy (non-hydrogen) atoms. The second-order valence-electron chi connectivity index (χ2n) is 7.37. The maximum atomic E-state index is 10.7. The van der Waals surface area contributed by atoms with Crippen LogP contribution in [0.1, 0.15) is 23.6 Å². The molecule has 0 aliphatic carbocycles. The summed E-state index contributed by atoms with van der Waals surface area (Å²) in [6, 6.07) is 15.6.